The number of benzene rings is 2. The maximum Gasteiger partial charge on any atom is 0.254 e. The zero-order valence-corrected chi connectivity index (χ0v) is 20.3. The Morgan fingerprint density at radius 3 is 2.62 bits per heavy atom. The molecule has 5 nitrogen and oxygen atoms in total. The van der Waals surface area contributed by atoms with Gasteiger partial charge in [0.15, 0.2) is 0 Å². The highest BCUT2D eigenvalue weighted by Gasteiger charge is 2.22. The van der Waals surface area contributed by atoms with Gasteiger partial charge in [-0.1, -0.05) is 45.0 Å². The summed E-state index contributed by atoms with van der Waals surface area (Å²) in [5, 5.41) is 2.91. The van der Waals surface area contributed by atoms with Crippen LogP contribution in [0.25, 0.3) is 0 Å². The van der Waals surface area contributed by atoms with Crippen molar-refractivity contribution >= 4 is 17.2 Å². The molecule has 3 rings (SSSR count). The van der Waals surface area contributed by atoms with Gasteiger partial charge in [-0.15, -0.1) is 11.3 Å². The largest absolute Gasteiger partial charge is 0.497 e. The third-order valence-corrected chi connectivity index (χ3v) is 6.40. The Kier molecular flexibility index (Phi) is 8.28. The standard InChI is InChI=1S/C26H32N2O3S/c1-6-19(4)28(26(29)20-10-9-11-22(14-20)30-5)15-21-17-32-25(27-21)16-31-24-13-8-7-12-23(24)18(2)3/h7-14,17-19H,6,15-16H2,1-5H3/t19-/m1/s1. The molecule has 0 saturated heterocycles. The third kappa shape index (κ3) is 5.88. The summed E-state index contributed by atoms with van der Waals surface area (Å²) in [6.07, 6.45) is 0.863. The molecule has 1 aromatic heterocycles. The van der Waals surface area contributed by atoms with E-state index in [1.165, 1.54) is 5.56 Å². The van der Waals surface area contributed by atoms with Crippen LogP contribution in [0, 0.1) is 0 Å². The first-order valence-electron chi connectivity index (χ1n) is 11.0. The molecule has 1 heterocycles. The number of amides is 1. The normalized spacial score (nSPS) is 11.9. The number of methoxy groups -OCH3 is 1. The van der Waals surface area contributed by atoms with E-state index < -0.39 is 0 Å². The Morgan fingerprint density at radius 1 is 1.12 bits per heavy atom. The van der Waals surface area contributed by atoms with Crippen LogP contribution in [0.2, 0.25) is 0 Å². The first-order valence-corrected chi connectivity index (χ1v) is 11.9. The van der Waals surface area contributed by atoms with E-state index >= 15 is 0 Å². The zero-order chi connectivity index (χ0) is 23.1. The van der Waals surface area contributed by atoms with Crippen LogP contribution in [-0.4, -0.2) is 28.9 Å². The fourth-order valence-corrected chi connectivity index (χ4v) is 4.16. The molecule has 0 spiro atoms. The summed E-state index contributed by atoms with van der Waals surface area (Å²) in [7, 11) is 1.61. The minimum atomic E-state index is -0.0186. The molecule has 0 unspecified atom stereocenters. The SMILES string of the molecule is CC[C@@H](C)N(Cc1csc(COc2ccccc2C(C)C)n1)C(=O)c1cccc(OC)c1. The van der Waals surface area contributed by atoms with E-state index in [9.17, 15) is 4.79 Å². The Balaban J connectivity index is 1.71. The third-order valence-electron chi connectivity index (χ3n) is 5.52. The second-order valence-electron chi connectivity index (χ2n) is 8.14. The molecule has 1 atom stereocenters. The number of thiazole rings is 1. The van der Waals surface area contributed by atoms with E-state index in [0.29, 0.717) is 30.4 Å². The summed E-state index contributed by atoms with van der Waals surface area (Å²) < 4.78 is 11.4. The molecule has 0 radical (unpaired) electrons. The molecule has 0 saturated carbocycles. The van der Waals surface area contributed by atoms with Crippen molar-refractivity contribution in [3.05, 3.63) is 75.7 Å². The second-order valence-corrected chi connectivity index (χ2v) is 9.08. The molecule has 170 valence electrons. The summed E-state index contributed by atoms with van der Waals surface area (Å²) in [5.41, 5.74) is 2.69. The summed E-state index contributed by atoms with van der Waals surface area (Å²) in [5.74, 6) is 1.95. The lowest BCUT2D eigenvalue weighted by Crippen LogP contribution is -2.37. The highest BCUT2D eigenvalue weighted by atomic mass is 32.1. The smallest absolute Gasteiger partial charge is 0.254 e. The fraction of sp³-hybridized carbons (Fsp3) is 0.385. The van der Waals surface area contributed by atoms with Crippen molar-refractivity contribution in [3.8, 4) is 11.5 Å². The van der Waals surface area contributed by atoms with Crippen LogP contribution in [0.1, 0.15) is 66.7 Å². The maximum atomic E-state index is 13.3. The topological polar surface area (TPSA) is 51.7 Å². The maximum absolute atomic E-state index is 13.3. The second kappa shape index (κ2) is 11.1. The number of carbonyl (C=O) groups excluding carboxylic acids is 1. The van der Waals surface area contributed by atoms with Crippen molar-refractivity contribution in [2.45, 2.75) is 59.2 Å². The van der Waals surface area contributed by atoms with Gasteiger partial charge < -0.3 is 14.4 Å². The lowest BCUT2D eigenvalue weighted by atomic mass is 10.0. The predicted molar refractivity (Wildman–Crippen MR) is 130 cm³/mol. The van der Waals surface area contributed by atoms with Crippen molar-refractivity contribution in [2.75, 3.05) is 7.11 Å². The molecule has 3 aromatic rings. The molecule has 2 aromatic carbocycles. The predicted octanol–water partition coefficient (Wildman–Crippen LogP) is 6.30. The molecule has 0 aliphatic rings. The van der Waals surface area contributed by atoms with Crippen LogP contribution < -0.4 is 9.47 Å². The molecule has 0 bridgehead atoms. The van der Waals surface area contributed by atoms with Crippen LogP contribution in [-0.2, 0) is 13.2 Å². The van der Waals surface area contributed by atoms with E-state index in [1.54, 1.807) is 24.5 Å². The highest BCUT2D eigenvalue weighted by Crippen LogP contribution is 2.27. The lowest BCUT2D eigenvalue weighted by molar-refractivity contribution is 0.0668. The van der Waals surface area contributed by atoms with Crippen LogP contribution in [0.5, 0.6) is 11.5 Å². The number of hydrogen-bond donors (Lipinski definition) is 0. The van der Waals surface area contributed by atoms with Crippen LogP contribution in [0.3, 0.4) is 0 Å². The Bertz CT molecular complexity index is 1030. The van der Waals surface area contributed by atoms with Gasteiger partial charge in [0.25, 0.3) is 5.91 Å². The number of hydrogen-bond acceptors (Lipinski definition) is 5. The van der Waals surface area contributed by atoms with E-state index in [4.69, 9.17) is 14.5 Å². The number of carbonyl (C=O) groups is 1. The van der Waals surface area contributed by atoms with Gasteiger partial charge in [-0.25, -0.2) is 4.98 Å². The van der Waals surface area contributed by atoms with E-state index in [0.717, 1.165) is 22.9 Å². The van der Waals surface area contributed by atoms with Crippen LogP contribution in [0.4, 0.5) is 0 Å². The zero-order valence-electron chi connectivity index (χ0n) is 19.5. The molecule has 0 fully saturated rings. The number of aromatic nitrogens is 1. The van der Waals surface area contributed by atoms with E-state index in [2.05, 4.69) is 33.8 Å². The number of para-hydroxylation sites is 1. The van der Waals surface area contributed by atoms with Gasteiger partial charge in [0.2, 0.25) is 0 Å². The molecule has 0 N–H and O–H groups in total. The Labute approximate surface area is 195 Å². The van der Waals surface area contributed by atoms with Gasteiger partial charge in [-0.3, -0.25) is 4.79 Å². The number of rotatable bonds is 10. The molecule has 1 amide bonds. The monoisotopic (exact) mass is 452 g/mol. The number of nitrogens with zero attached hydrogens (tertiary/aromatic N) is 2. The van der Waals surface area contributed by atoms with Gasteiger partial charge >= 0.3 is 0 Å². The molecule has 6 heteroatoms. The number of ether oxygens (including phenoxy) is 2. The van der Waals surface area contributed by atoms with Crippen molar-refractivity contribution in [3.63, 3.8) is 0 Å². The van der Waals surface area contributed by atoms with Gasteiger partial charge in [-0.2, -0.15) is 0 Å². The van der Waals surface area contributed by atoms with Gasteiger partial charge in [0.05, 0.1) is 19.3 Å². The minimum Gasteiger partial charge on any atom is -0.497 e. The molecule has 32 heavy (non-hydrogen) atoms. The molecular weight excluding hydrogens is 420 g/mol. The quantitative estimate of drug-likeness (QED) is 0.362. The van der Waals surface area contributed by atoms with Crippen molar-refractivity contribution < 1.29 is 14.3 Å². The summed E-state index contributed by atoms with van der Waals surface area (Å²) in [6, 6.07) is 15.5. The van der Waals surface area contributed by atoms with Crippen LogP contribution in [0.15, 0.2) is 53.9 Å². The first-order chi connectivity index (χ1) is 15.4. The Hall–Kier alpha value is -2.86. The first kappa shape index (κ1) is 23.8. The van der Waals surface area contributed by atoms with Crippen LogP contribution >= 0.6 is 11.3 Å². The average Bonchev–Trinajstić information content (AvgIpc) is 3.27. The van der Waals surface area contributed by atoms with Crippen molar-refractivity contribution in [1.29, 1.82) is 0 Å². The molecule has 0 aliphatic carbocycles. The van der Waals surface area contributed by atoms with Gasteiger partial charge in [0.1, 0.15) is 23.1 Å². The summed E-state index contributed by atoms with van der Waals surface area (Å²) >= 11 is 1.56. The molecular formula is C26H32N2O3S. The van der Waals surface area contributed by atoms with Gasteiger partial charge in [0, 0.05) is 17.0 Å². The lowest BCUT2D eigenvalue weighted by Gasteiger charge is -2.28. The van der Waals surface area contributed by atoms with Gasteiger partial charge in [-0.05, 0) is 49.1 Å². The Morgan fingerprint density at radius 2 is 1.91 bits per heavy atom. The molecule has 0 aliphatic heterocycles. The van der Waals surface area contributed by atoms with E-state index in [-0.39, 0.29) is 11.9 Å². The summed E-state index contributed by atoms with van der Waals surface area (Å²) in [6.45, 7) is 9.35. The average molecular weight is 453 g/mol. The summed E-state index contributed by atoms with van der Waals surface area (Å²) in [4.78, 5) is 19.9. The van der Waals surface area contributed by atoms with E-state index in [1.807, 2.05) is 46.7 Å². The van der Waals surface area contributed by atoms with Crippen molar-refractivity contribution in [1.82, 2.24) is 9.88 Å². The minimum absolute atomic E-state index is 0.0186. The highest BCUT2D eigenvalue weighted by molar-refractivity contribution is 7.09. The fourth-order valence-electron chi connectivity index (χ4n) is 3.46. The van der Waals surface area contributed by atoms with Crippen molar-refractivity contribution in [2.24, 2.45) is 0 Å².